The zero-order valence-corrected chi connectivity index (χ0v) is 18.0. The van der Waals surface area contributed by atoms with Crippen molar-refractivity contribution in [2.24, 2.45) is 5.92 Å². The van der Waals surface area contributed by atoms with Gasteiger partial charge >= 0.3 is 0 Å². The average molecular weight is 429 g/mol. The van der Waals surface area contributed by atoms with Crippen LogP contribution in [-0.2, 0) is 10.0 Å². The zero-order valence-electron chi connectivity index (χ0n) is 17.2. The van der Waals surface area contributed by atoms with Crippen LogP contribution in [0, 0.1) is 5.92 Å². The number of fused-ring (bicyclic) bond motifs is 1. The molecule has 1 aromatic carbocycles. The van der Waals surface area contributed by atoms with Crippen molar-refractivity contribution >= 4 is 21.5 Å². The first-order chi connectivity index (χ1) is 14.4. The summed E-state index contributed by atoms with van der Waals surface area (Å²) in [6.45, 7) is 4.69. The highest BCUT2D eigenvalue weighted by Gasteiger charge is 2.27. The molecule has 0 radical (unpaired) electrons. The van der Waals surface area contributed by atoms with Crippen LogP contribution in [0.15, 0.2) is 60.7 Å². The normalized spacial score (nSPS) is 19.7. The topological polar surface area (TPSA) is 73.0 Å². The highest BCUT2D eigenvalue weighted by atomic mass is 32.2. The minimum Gasteiger partial charge on any atom is -0.332 e. The number of rotatable bonds is 7. The Labute approximate surface area is 178 Å². The summed E-state index contributed by atoms with van der Waals surface area (Å²) in [6.07, 6.45) is 13.5. The highest BCUT2D eigenvalue weighted by Crippen LogP contribution is 2.25. The standard InChI is InChI=1S/C22H28N4O3S/c1-30(28,29)23-20-7-5-18(6-8-20)22(27)19-9-12-24(13-10-19)14-15-26-17-16-25-11-3-2-4-21(25)26/h2-8,16-17,19,23H,9-15H2,1H3. The molecule has 0 aliphatic carbocycles. The Balaban J connectivity index is 1.25. The van der Waals surface area contributed by atoms with Crippen LogP contribution in [0.5, 0.6) is 0 Å². The molecule has 4 rings (SSSR count). The second-order valence-corrected chi connectivity index (χ2v) is 9.78. The molecule has 1 saturated heterocycles. The molecular weight excluding hydrogens is 400 g/mol. The second kappa shape index (κ2) is 8.65. The molecule has 0 aromatic heterocycles. The summed E-state index contributed by atoms with van der Waals surface area (Å²) in [6, 6.07) is 6.71. The summed E-state index contributed by atoms with van der Waals surface area (Å²) in [5, 5.41) is 0. The molecule has 3 aliphatic heterocycles. The number of Topliss-reactive ketones (excluding diaryl/α,β-unsaturated/α-hetero) is 1. The maximum Gasteiger partial charge on any atom is 0.229 e. The van der Waals surface area contributed by atoms with E-state index in [-0.39, 0.29) is 11.7 Å². The van der Waals surface area contributed by atoms with Crippen LogP contribution in [0.1, 0.15) is 23.2 Å². The first kappa shape index (κ1) is 20.7. The van der Waals surface area contributed by atoms with Crippen molar-refractivity contribution in [2.75, 3.05) is 43.7 Å². The molecule has 30 heavy (non-hydrogen) atoms. The first-order valence-electron chi connectivity index (χ1n) is 10.3. The van der Waals surface area contributed by atoms with Crippen LogP contribution in [0.4, 0.5) is 5.69 Å². The van der Waals surface area contributed by atoms with Gasteiger partial charge in [-0.05, 0) is 56.3 Å². The quantitative estimate of drug-likeness (QED) is 0.673. The van der Waals surface area contributed by atoms with E-state index >= 15 is 0 Å². The Bertz CT molecular complexity index is 974. The van der Waals surface area contributed by atoms with Gasteiger partial charge in [-0.1, -0.05) is 12.2 Å². The number of likely N-dealkylation sites (tertiary alicyclic amines) is 1. The summed E-state index contributed by atoms with van der Waals surface area (Å²) in [5.41, 5.74) is 1.12. The number of benzene rings is 1. The summed E-state index contributed by atoms with van der Waals surface area (Å²) < 4.78 is 25.0. The van der Waals surface area contributed by atoms with Crippen molar-refractivity contribution in [3.63, 3.8) is 0 Å². The van der Waals surface area contributed by atoms with Gasteiger partial charge < -0.3 is 14.7 Å². The fraction of sp³-hybridized carbons (Fsp3) is 0.409. The number of hydrogen-bond donors (Lipinski definition) is 1. The number of carbonyl (C=O) groups excluding carboxylic acids is 1. The van der Waals surface area contributed by atoms with E-state index in [0.29, 0.717) is 11.3 Å². The molecule has 3 heterocycles. The van der Waals surface area contributed by atoms with Crippen molar-refractivity contribution in [2.45, 2.75) is 12.8 Å². The maximum absolute atomic E-state index is 12.8. The van der Waals surface area contributed by atoms with Crippen molar-refractivity contribution in [1.82, 2.24) is 14.7 Å². The lowest BCUT2D eigenvalue weighted by molar-refractivity contribution is 0.0836. The summed E-state index contributed by atoms with van der Waals surface area (Å²) in [5.74, 6) is 1.41. The van der Waals surface area contributed by atoms with Crippen LogP contribution in [0.2, 0.25) is 0 Å². The Morgan fingerprint density at radius 3 is 2.53 bits per heavy atom. The number of nitrogens with zero attached hydrogens (tertiary/aromatic N) is 3. The average Bonchev–Trinajstić information content (AvgIpc) is 3.15. The third kappa shape index (κ3) is 4.94. The molecule has 0 spiro atoms. The second-order valence-electron chi connectivity index (χ2n) is 8.03. The molecule has 3 aliphatic rings. The lowest BCUT2D eigenvalue weighted by atomic mass is 9.89. The lowest BCUT2D eigenvalue weighted by Crippen LogP contribution is -2.40. The molecule has 0 unspecified atom stereocenters. The SMILES string of the molecule is CS(=O)(=O)Nc1ccc(C(=O)C2CCN(CCN3C=CN4CC=CC=C43)CC2)cc1. The van der Waals surface area contributed by atoms with Gasteiger partial charge in [0, 0.05) is 49.2 Å². The van der Waals surface area contributed by atoms with Gasteiger partial charge in [0.25, 0.3) is 0 Å². The van der Waals surface area contributed by atoms with Gasteiger partial charge in [0.05, 0.1) is 6.26 Å². The molecule has 0 amide bonds. The predicted molar refractivity (Wildman–Crippen MR) is 118 cm³/mol. The van der Waals surface area contributed by atoms with E-state index in [0.717, 1.165) is 51.8 Å². The van der Waals surface area contributed by atoms with Gasteiger partial charge in [-0.25, -0.2) is 8.42 Å². The molecule has 7 nitrogen and oxygen atoms in total. The Hall–Kier alpha value is -2.58. The third-order valence-electron chi connectivity index (χ3n) is 5.79. The number of carbonyl (C=O) groups is 1. The number of hydrogen-bond acceptors (Lipinski definition) is 6. The van der Waals surface area contributed by atoms with Crippen LogP contribution in [-0.4, -0.2) is 67.9 Å². The highest BCUT2D eigenvalue weighted by molar-refractivity contribution is 7.92. The van der Waals surface area contributed by atoms with E-state index in [9.17, 15) is 13.2 Å². The Kier molecular flexibility index (Phi) is 5.97. The third-order valence-corrected chi connectivity index (χ3v) is 6.39. The zero-order chi connectivity index (χ0) is 21.1. The van der Waals surface area contributed by atoms with Crippen molar-refractivity contribution in [1.29, 1.82) is 0 Å². The van der Waals surface area contributed by atoms with Crippen molar-refractivity contribution in [3.05, 3.63) is 66.3 Å². The number of sulfonamides is 1. The molecule has 8 heteroatoms. The molecule has 1 N–H and O–H groups in total. The number of piperidine rings is 1. The first-order valence-corrected chi connectivity index (χ1v) is 12.2. The van der Waals surface area contributed by atoms with Gasteiger partial charge in [-0.3, -0.25) is 9.52 Å². The van der Waals surface area contributed by atoms with Gasteiger partial charge in [-0.15, -0.1) is 0 Å². The van der Waals surface area contributed by atoms with E-state index in [4.69, 9.17) is 0 Å². The van der Waals surface area contributed by atoms with Crippen LogP contribution < -0.4 is 4.72 Å². The molecule has 0 atom stereocenters. The number of nitrogens with one attached hydrogen (secondary N) is 1. The largest absolute Gasteiger partial charge is 0.332 e. The van der Waals surface area contributed by atoms with Gasteiger partial charge in [0.15, 0.2) is 5.78 Å². The van der Waals surface area contributed by atoms with E-state index in [1.54, 1.807) is 24.3 Å². The van der Waals surface area contributed by atoms with Crippen LogP contribution in [0.3, 0.4) is 0 Å². The number of anilines is 1. The number of ketones is 1. The Morgan fingerprint density at radius 2 is 1.83 bits per heavy atom. The minimum atomic E-state index is -3.31. The number of allylic oxidation sites excluding steroid dienone is 2. The van der Waals surface area contributed by atoms with Crippen molar-refractivity contribution in [3.8, 4) is 0 Å². The smallest absolute Gasteiger partial charge is 0.229 e. The fourth-order valence-electron chi connectivity index (χ4n) is 4.16. The minimum absolute atomic E-state index is 0.0309. The van der Waals surface area contributed by atoms with E-state index in [1.165, 1.54) is 5.82 Å². The van der Waals surface area contributed by atoms with E-state index in [1.807, 2.05) is 0 Å². The molecule has 1 fully saturated rings. The molecule has 1 aromatic rings. The summed E-state index contributed by atoms with van der Waals surface area (Å²) >= 11 is 0. The van der Waals surface area contributed by atoms with Crippen LogP contribution >= 0.6 is 0 Å². The lowest BCUT2D eigenvalue weighted by Gasteiger charge is -2.33. The molecule has 0 bridgehead atoms. The summed E-state index contributed by atoms with van der Waals surface area (Å²) in [4.78, 5) is 19.8. The molecule has 0 saturated carbocycles. The molecule has 160 valence electrons. The predicted octanol–water partition coefficient (Wildman–Crippen LogP) is 2.45. The maximum atomic E-state index is 12.8. The van der Waals surface area contributed by atoms with Gasteiger partial charge in [0.2, 0.25) is 10.0 Å². The van der Waals surface area contributed by atoms with Crippen molar-refractivity contribution < 1.29 is 13.2 Å². The fourth-order valence-corrected chi connectivity index (χ4v) is 4.73. The van der Waals surface area contributed by atoms with E-state index in [2.05, 4.69) is 50.0 Å². The van der Waals surface area contributed by atoms with Crippen LogP contribution in [0.25, 0.3) is 0 Å². The van der Waals surface area contributed by atoms with E-state index < -0.39 is 10.0 Å². The van der Waals surface area contributed by atoms with Gasteiger partial charge in [0.1, 0.15) is 5.82 Å². The monoisotopic (exact) mass is 428 g/mol. The Morgan fingerprint density at radius 1 is 1.10 bits per heavy atom. The van der Waals surface area contributed by atoms with Gasteiger partial charge in [-0.2, -0.15) is 0 Å². The summed E-state index contributed by atoms with van der Waals surface area (Å²) in [7, 11) is -3.31. The molecular formula is C22H28N4O3S.